The molecule has 0 bridgehead atoms. The number of benzene rings is 2. The Bertz CT molecular complexity index is 890. The number of hydrogen-bond acceptors (Lipinski definition) is 4. The molecule has 2 aromatic rings. The summed E-state index contributed by atoms with van der Waals surface area (Å²) in [5.74, 6) is -0.217. The molecule has 0 saturated carbocycles. The van der Waals surface area contributed by atoms with Gasteiger partial charge in [0.2, 0.25) is 10.0 Å². The third kappa shape index (κ3) is 4.00. The summed E-state index contributed by atoms with van der Waals surface area (Å²) in [4.78, 5) is 12.5. The van der Waals surface area contributed by atoms with Crippen molar-refractivity contribution in [2.75, 3.05) is 17.2 Å². The predicted molar refractivity (Wildman–Crippen MR) is 98.5 cm³/mol. The highest BCUT2D eigenvalue weighted by Gasteiger charge is 2.16. The molecule has 0 saturated heterocycles. The van der Waals surface area contributed by atoms with Gasteiger partial charge in [-0.05, 0) is 68.3 Å². The van der Waals surface area contributed by atoms with E-state index in [-0.39, 0.29) is 16.8 Å². The smallest absolute Gasteiger partial charge is 0.255 e. The molecular weight excluding hydrogens is 338 g/mol. The van der Waals surface area contributed by atoms with Gasteiger partial charge in [-0.15, -0.1) is 0 Å². The minimum absolute atomic E-state index is 0.169. The van der Waals surface area contributed by atoms with E-state index in [1.165, 1.54) is 12.1 Å². The number of sulfonamides is 1. The molecular formula is C18H21N3O3S. The van der Waals surface area contributed by atoms with E-state index >= 15 is 0 Å². The largest absolute Gasteiger partial charge is 0.384 e. The highest BCUT2D eigenvalue weighted by Crippen LogP contribution is 2.23. The van der Waals surface area contributed by atoms with Crippen LogP contribution >= 0.6 is 0 Å². The Kier molecular flexibility index (Phi) is 4.78. The average Bonchev–Trinajstić information content (AvgIpc) is 3.01. The molecule has 25 heavy (non-hydrogen) atoms. The number of nitrogens with one attached hydrogen (secondary N) is 3. The van der Waals surface area contributed by atoms with E-state index in [4.69, 9.17) is 0 Å². The van der Waals surface area contributed by atoms with E-state index in [9.17, 15) is 13.2 Å². The van der Waals surface area contributed by atoms with E-state index in [1.54, 1.807) is 32.0 Å². The summed E-state index contributed by atoms with van der Waals surface area (Å²) in [7, 11) is -3.53. The van der Waals surface area contributed by atoms with Crippen LogP contribution in [-0.2, 0) is 16.4 Å². The first-order chi connectivity index (χ1) is 11.8. The second-order valence-electron chi connectivity index (χ2n) is 6.30. The lowest BCUT2D eigenvalue weighted by Gasteiger charge is -2.11. The van der Waals surface area contributed by atoms with E-state index in [2.05, 4.69) is 15.4 Å². The van der Waals surface area contributed by atoms with Crippen molar-refractivity contribution in [2.24, 2.45) is 0 Å². The molecule has 6 nitrogen and oxygen atoms in total. The maximum atomic E-state index is 12.4. The van der Waals surface area contributed by atoms with Crippen molar-refractivity contribution in [1.82, 2.24) is 4.72 Å². The topological polar surface area (TPSA) is 87.3 Å². The van der Waals surface area contributed by atoms with Gasteiger partial charge in [0, 0.05) is 29.5 Å². The summed E-state index contributed by atoms with van der Waals surface area (Å²) in [6.07, 6.45) is 0.909. The molecule has 7 heteroatoms. The Labute approximate surface area is 147 Å². The number of anilines is 2. The zero-order valence-electron chi connectivity index (χ0n) is 14.2. The van der Waals surface area contributed by atoms with Crippen molar-refractivity contribution in [3.63, 3.8) is 0 Å². The van der Waals surface area contributed by atoms with E-state index < -0.39 is 10.0 Å². The molecule has 1 amide bonds. The first-order valence-corrected chi connectivity index (χ1v) is 9.64. The summed E-state index contributed by atoms with van der Waals surface area (Å²) in [6.45, 7) is 4.41. The van der Waals surface area contributed by atoms with Gasteiger partial charge in [0.1, 0.15) is 0 Å². The van der Waals surface area contributed by atoms with Crippen LogP contribution in [0.5, 0.6) is 0 Å². The molecule has 0 atom stereocenters. The summed E-state index contributed by atoms with van der Waals surface area (Å²) in [5.41, 5.74) is 3.34. The number of carbonyl (C=O) groups excluding carboxylic acids is 1. The predicted octanol–water partition coefficient (Wildman–Crippen LogP) is 2.59. The molecule has 0 unspecified atom stereocenters. The Morgan fingerprint density at radius 1 is 1.12 bits per heavy atom. The lowest BCUT2D eigenvalue weighted by molar-refractivity contribution is 0.102. The molecule has 0 aromatic heterocycles. The molecule has 0 radical (unpaired) electrons. The Morgan fingerprint density at radius 3 is 2.52 bits per heavy atom. The van der Waals surface area contributed by atoms with Crippen molar-refractivity contribution in [3.05, 3.63) is 53.6 Å². The fourth-order valence-corrected chi connectivity index (χ4v) is 4.00. The molecule has 1 aliphatic rings. The number of carbonyl (C=O) groups is 1. The molecule has 132 valence electrons. The molecule has 1 heterocycles. The quantitative estimate of drug-likeness (QED) is 0.766. The molecule has 0 spiro atoms. The van der Waals surface area contributed by atoms with E-state index in [1.807, 2.05) is 12.1 Å². The number of rotatable bonds is 5. The maximum absolute atomic E-state index is 12.4. The van der Waals surface area contributed by atoms with Crippen LogP contribution < -0.4 is 15.4 Å². The van der Waals surface area contributed by atoms with Crippen LogP contribution in [0.25, 0.3) is 0 Å². The fourth-order valence-electron chi connectivity index (χ4n) is 2.75. The monoisotopic (exact) mass is 359 g/mol. The lowest BCUT2D eigenvalue weighted by atomic mass is 10.1. The minimum atomic E-state index is -3.53. The Balaban J connectivity index is 1.72. The Morgan fingerprint density at radius 2 is 1.84 bits per heavy atom. The van der Waals surface area contributed by atoms with Crippen molar-refractivity contribution >= 4 is 27.3 Å². The summed E-state index contributed by atoms with van der Waals surface area (Å²) >= 11 is 0. The van der Waals surface area contributed by atoms with Crippen LogP contribution in [-0.4, -0.2) is 26.9 Å². The van der Waals surface area contributed by atoms with Crippen molar-refractivity contribution in [1.29, 1.82) is 0 Å². The van der Waals surface area contributed by atoms with Crippen molar-refractivity contribution < 1.29 is 13.2 Å². The second kappa shape index (κ2) is 6.85. The maximum Gasteiger partial charge on any atom is 0.255 e. The van der Waals surface area contributed by atoms with Crippen LogP contribution in [0.1, 0.15) is 29.8 Å². The standard InChI is InChI=1S/C18H21N3O3S/c1-12(2)21-25(23,24)16-6-4-15(5-7-16)20-18(22)14-3-8-17-13(11-14)9-10-19-17/h3-8,11-12,19,21H,9-10H2,1-2H3,(H,20,22). The molecule has 0 aliphatic carbocycles. The molecule has 3 N–H and O–H groups in total. The summed E-state index contributed by atoms with van der Waals surface area (Å²) < 4.78 is 26.7. The van der Waals surface area contributed by atoms with Gasteiger partial charge in [-0.1, -0.05) is 0 Å². The third-order valence-corrected chi connectivity index (χ3v) is 5.57. The van der Waals surface area contributed by atoms with Gasteiger partial charge in [-0.2, -0.15) is 0 Å². The van der Waals surface area contributed by atoms with Gasteiger partial charge in [0.25, 0.3) is 5.91 Å². The zero-order valence-corrected chi connectivity index (χ0v) is 15.0. The number of amides is 1. The van der Waals surface area contributed by atoms with Crippen LogP contribution in [0.4, 0.5) is 11.4 Å². The van der Waals surface area contributed by atoms with Crippen LogP contribution in [0.15, 0.2) is 47.4 Å². The second-order valence-corrected chi connectivity index (χ2v) is 8.02. The fraction of sp³-hybridized carbons (Fsp3) is 0.278. The highest BCUT2D eigenvalue weighted by atomic mass is 32.2. The van der Waals surface area contributed by atoms with Gasteiger partial charge >= 0.3 is 0 Å². The van der Waals surface area contributed by atoms with E-state index in [0.29, 0.717) is 11.3 Å². The number of fused-ring (bicyclic) bond motifs is 1. The van der Waals surface area contributed by atoms with Gasteiger partial charge in [0.05, 0.1) is 4.90 Å². The van der Waals surface area contributed by atoms with Crippen LogP contribution in [0.3, 0.4) is 0 Å². The zero-order chi connectivity index (χ0) is 18.0. The normalized spacial score (nSPS) is 13.4. The minimum Gasteiger partial charge on any atom is -0.384 e. The van der Waals surface area contributed by atoms with Crippen molar-refractivity contribution in [2.45, 2.75) is 31.2 Å². The third-order valence-electron chi connectivity index (χ3n) is 3.89. The average molecular weight is 359 g/mol. The van der Waals surface area contributed by atoms with Gasteiger partial charge < -0.3 is 10.6 Å². The number of hydrogen-bond donors (Lipinski definition) is 3. The van der Waals surface area contributed by atoms with Crippen LogP contribution in [0.2, 0.25) is 0 Å². The first kappa shape index (κ1) is 17.4. The SMILES string of the molecule is CC(C)NS(=O)(=O)c1ccc(NC(=O)c2ccc3c(c2)CCN3)cc1. The first-order valence-electron chi connectivity index (χ1n) is 8.16. The Hall–Kier alpha value is -2.38. The highest BCUT2D eigenvalue weighted by molar-refractivity contribution is 7.89. The van der Waals surface area contributed by atoms with Crippen molar-refractivity contribution in [3.8, 4) is 0 Å². The molecule has 3 rings (SSSR count). The molecule has 1 aliphatic heterocycles. The van der Waals surface area contributed by atoms with Gasteiger partial charge in [-0.25, -0.2) is 13.1 Å². The summed E-state index contributed by atoms with van der Waals surface area (Å²) in [6, 6.07) is 11.5. The summed E-state index contributed by atoms with van der Waals surface area (Å²) in [5, 5.41) is 6.05. The van der Waals surface area contributed by atoms with Crippen LogP contribution in [0, 0.1) is 0 Å². The van der Waals surface area contributed by atoms with Gasteiger partial charge in [-0.3, -0.25) is 4.79 Å². The lowest BCUT2D eigenvalue weighted by Crippen LogP contribution is -2.30. The van der Waals surface area contributed by atoms with Gasteiger partial charge in [0.15, 0.2) is 0 Å². The van der Waals surface area contributed by atoms with E-state index in [0.717, 1.165) is 24.2 Å². The molecule has 2 aromatic carbocycles. The molecule has 0 fully saturated rings.